The molecule has 1 aliphatic heterocycles. The molecule has 1 fully saturated rings. The van der Waals surface area contributed by atoms with Crippen molar-refractivity contribution in [1.82, 2.24) is 27.5 Å². The molecule has 3 N–H and O–H groups in total. The van der Waals surface area contributed by atoms with Crippen molar-refractivity contribution in [3.8, 4) is 0 Å². The molecule has 5 heteroatoms. The molecule has 0 aromatic rings. The molecule has 0 atom stereocenters. The normalized spacial score (nSPS) is 24.0. The van der Waals surface area contributed by atoms with E-state index in [1.807, 2.05) is 0 Å². The van der Waals surface area contributed by atoms with Crippen LogP contribution in [0, 0.1) is 0 Å². The van der Waals surface area contributed by atoms with E-state index in [0.29, 0.717) is 0 Å². The smallest absolute Gasteiger partial charge is 0.0318 e. The van der Waals surface area contributed by atoms with Crippen LogP contribution in [-0.2, 0) is 0 Å². The number of nitrogens with zero attached hydrogens (tertiary/aromatic N) is 2. The Morgan fingerprint density at radius 3 is 2.13 bits per heavy atom. The lowest BCUT2D eigenvalue weighted by Crippen LogP contribution is -2.48. The molecule has 1 aliphatic rings. The van der Waals surface area contributed by atoms with Crippen molar-refractivity contribution in [2.45, 2.75) is 51.4 Å². The van der Waals surface area contributed by atoms with E-state index in [2.05, 4.69) is 27.5 Å². The minimum atomic E-state index is 0.864. The number of nitrogens with one attached hydrogen (secondary N) is 3. The molecule has 0 bridgehead atoms. The Kier molecular flexibility index (Phi) is 8.85. The van der Waals surface area contributed by atoms with Crippen molar-refractivity contribution in [3.05, 3.63) is 0 Å². The third kappa shape index (κ3) is 8.77. The lowest BCUT2D eigenvalue weighted by Gasteiger charge is -2.06. The first-order chi connectivity index (χ1) is 7.50. The highest BCUT2D eigenvalue weighted by Gasteiger charge is 1.95. The van der Waals surface area contributed by atoms with Gasteiger partial charge in [-0.05, 0) is 12.8 Å². The number of hydrogen-bond donors (Lipinski definition) is 3. The van der Waals surface area contributed by atoms with Gasteiger partial charge in [0.25, 0.3) is 0 Å². The summed E-state index contributed by atoms with van der Waals surface area (Å²) in [5.41, 5.74) is 16.3. The van der Waals surface area contributed by atoms with Crippen LogP contribution in [0.2, 0.25) is 0 Å². The van der Waals surface area contributed by atoms with Crippen molar-refractivity contribution >= 4 is 0 Å². The summed E-state index contributed by atoms with van der Waals surface area (Å²) < 4.78 is 0. The average Bonchev–Trinajstić information content (AvgIpc) is 2.27. The summed E-state index contributed by atoms with van der Waals surface area (Å²) in [6.07, 6.45) is 10.4. The SMILES string of the molecule is C1CCCCCN[N]NN[N]CCCC1. The standard InChI is InChI=1S/C10H23N5/c1-2-4-6-8-10-12-14-15-13-11-9-7-5-3-1/h11,14-15H,1-10H2. The van der Waals surface area contributed by atoms with Crippen LogP contribution in [0.4, 0.5) is 0 Å². The van der Waals surface area contributed by atoms with Gasteiger partial charge in [-0.1, -0.05) is 44.1 Å². The topological polar surface area (TPSA) is 64.3 Å². The van der Waals surface area contributed by atoms with Gasteiger partial charge in [0.1, 0.15) is 0 Å². The maximum Gasteiger partial charge on any atom is 0.0318 e. The molecule has 1 saturated heterocycles. The Bertz CT molecular complexity index is 72.4. The Hall–Kier alpha value is -0.200. The van der Waals surface area contributed by atoms with E-state index in [-0.39, 0.29) is 0 Å². The molecule has 88 valence electrons. The highest BCUT2D eigenvalue weighted by Crippen LogP contribution is 2.07. The van der Waals surface area contributed by atoms with E-state index in [9.17, 15) is 0 Å². The van der Waals surface area contributed by atoms with E-state index in [0.717, 1.165) is 13.1 Å². The molecule has 0 saturated carbocycles. The van der Waals surface area contributed by atoms with Gasteiger partial charge in [0.2, 0.25) is 0 Å². The summed E-state index contributed by atoms with van der Waals surface area (Å²) in [6, 6.07) is 0. The quantitative estimate of drug-likeness (QED) is 0.556. The Morgan fingerprint density at radius 2 is 1.33 bits per heavy atom. The molecule has 0 unspecified atom stereocenters. The van der Waals surface area contributed by atoms with Crippen LogP contribution in [0.25, 0.3) is 0 Å². The summed E-state index contributed by atoms with van der Waals surface area (Å²) >= 11 is 0. The number of hydrogen-bond acceptors (Lipinski definition) is 3. The molecule has 1 rings (SSSR count). The maximum absolute atomic E-state index is 4.09. The van der Waals surface area contributed by atoms with Crippen molar-refractivity contribution < 1.29 is 0 Å². The summed E-state index contributed by atoms with van der Waals surface area (Å²) in [5, 5.41) is 0. The molecule has 0 amide bonds. The van der Waals surface area contributed by atoms with Gasteiger partial charge >= 0.3 is 0 Å². The largest absolute Gasteiger partial charge is 0.223 e. The zero-order chi connectivity index (χ0) is 10.6. The highest BCUT2D eigenvalue weighted by molar-refractivity contribution is 4.49. The molecule has 0 aromatic heterocycles. The fourth-order valence-electron chi connectivity index (χ4n) is 1.67. The van der Waals surface area contributed by atoms with Gasteiger partial charge in [-0.2, -0.15) is 5.53 Å². The highest BCUT2D eigenvalue weighted by atomic mass is 15.8. The third-order valence-electron chi connectivity index (χ3n) is 2.57. The Labute approximate surface area is 92.6 Å². The first-order valence-electron chi connectivity index (χ1n) is 6.09. The predicted molar refractivity (Wildman–Crippen MR) is 60.3 cm³/mol. The van der Waals surface area contributed by atoms with Crippen LogP contribution in [0.15, 0.2) is 0 Å². The fraction of sp³-hybridized carbons (Fsp3) is 1.00. The zero-order valence-corrected chi connectivity index (χ0v) is 9.47. The summed E-state index contributed by atoms with van der Waals surface area (Å²) in [6.45, 7) is 1.80. The molecule has 0 aromatic carbocycles. The van der Waals surface area contributed by atoms with E-state index in [1.54, 1.807) is 0 Å². The minimum absolute atomic E-state index is 0.864. The van der Waals surface area contributed by atoms with Gasteiger partial charge in [0.05, 0.1) is 0 Å². The van der Waals surface area contributed by atoms with E-state index in [4.69, 9.17) is 0 Å². The molecule has 5 nitrogen and oxygen atoms in total. The van der Waals surface area contributed by atoms with Gasteiger partial charge in [-0.15, -0.1) is 11.0 Å². The van der Waals surface area contributed by atoms with Gasteiger partial charge < -0.3 is 0 Å². The second-order valence-corrected chi connectivity index (χ2v) is 3.95. The molecule has 1 heterocycles. The predicted octanol–water partition coefficient (Wildman–Crippen LogP) is 0.758. The van der Waals surface area contributed by atoms with Crippen LogP contribution < -0.4 is 27.5 Å². The van der Waals surface area contributed by atoms with Crippen molar-refractivity contribution in [2.75, 3.05) is 13.1 Å². The molecule has 2 radical (unpaired) electrons. The lowest BCUT2D eigenvalue weighted by atomic mass is 10.1. The summed E-state index contributed by atoms with van der Waals surface area (Å²) in [4.78, 5) is 0. The van der Waals surface area contributed by atoms with Crippen LogP contribution in [0.3, 0.4) is 0 Å². The van der Waals surface area contributed by atoms with E-state index < -0.39 is 0 Å². The molecule has 0 aliphatic carbocycles. The van der Waals surface area contributed by atoms with Gasteiger partial charge in [-0.25, -0.2) is 5.43 Å². The summed E-state index contributed by atoms with van der Waals surface area (Å²) in [7, 11) is 0. The van der Waals surface area contributed by atoms with Crippen molar-refractivity contribution in [2.24, 2.45) is 0 Å². The van der Waals surface area contributed by atoms with Crippen LogP contribution in [-0.4, -0.2) is 13.1 Å². The van der Waals surface area contributed by atoms with Crippen molar-refractivity contribution in [3.63, 3.8) is 0 Å². The number of rotatable bonds is 0. The third-order valence-corrected chi connectivity index (χ3v) is 2.57. The van der Waals surface area contributed by atoms with Gasteiger partial charge in [-0.3, -0.25) is 0 Å². The first kappa shape index (κ1) is 12.9. The molecular weight excluding hydrogens is 190 g/mol. The fourth-order valence-corrected chi connectivity index (χ4v) is 1.67. The maximum atomic E-state index is 4.09. The Morgan fingerprint density at radius 1 is 0.667 bits per heavy atom. The van der Waals surface area contributed by atoms with Crippen molar-refractivity contribution in [1.29, 1.82) is 0 Å². The summed E-state index contributed by atoms with van der Waals surface area (Å²) in [5.74, 6) is 0. The number of hydrazine groups is 1. The Balaban J connectivity index is 2.01. The van der Waals surface area contributed by atoms with Gasteiger partial charge in [0.15, 0.2) is 0 Å². The van der Waals surface area contributed by atoms with E-state index >= 15 is 0 Å². The van der Waals surface area contributed by atoms with Crippen LogP contribution in [0.5, 0.6) is 0 Å². The minimum Gasteiger partial charge on any atom is -0.223 e. The first-order valence-corrected chi connectivity index (χ1v) is 6.09. The monoisotopic (exact) mass is 213 g/mol. The molecular formula is C10H23N5. The second kappa shape index (κ2) is 10.3. The average molecular weight is 213 g/mol. The van der Waals surface area contributed by atoms with Gasteiger partial charge in [0, 0.05) is 13.1 Å². The molecule has 15 heavy (non-hydrogen) atoms. The van der Waals surface area contributed by atoms with Crippen LogP contribution >= 0.6 is 0 Å². The second-order valence-electron chi connectivity index (χ2n) is 3.95. The lowest BCUT2D eigenvalue weighted by molar-refractivity contribution is 0.309. The zero-order valence-electron chi connectivity index (χ0n) is 9.47. The van der Waals surface area contributed by atoms with Crippen LogP contribution in [0.1, 0.15) is 51.4 Å². The van der Waals surface area contributed by atoms with E-state index in [1.165, 1.54) is 51.4 Å². The molecule has 0 spiro atoms.